The van der Waals surface area contributed by atoms with Gasteiger partial charge in [-0.15, -0.1) is 0 Å². The van der Waals surface area contributed by atoms with Gasteiger partial charge in [0.05, 0.1) is 11.5 Å². The zero-order valence-electron chi connectivity index (χ0n) is 18.9. The highest BCUT2D eigenvalue weighted by Gasteiger charge is 2.29. The fourth-order valence-electron chi connectivity index (χ4n) is 4.16. The highest BCUT2D eigenvalue weighted by molar-refractivity contribution is 5.95. The molecule has 34 heavy (non-hydrogen) atoms. The van der Waals surface area contributed by atoms with Crippen LogP contribution < -0.4 is 10.6 Å². The first-order valence-electron chi connectivity index (χ1n) is 11.1. The van der Waals surface area contributed by atoms with Crippen molar-refractivity contribution in [3.8, 4) is 11.1 Å². The first-order valence-corrected chi connectivity index (χ1v) is 11.1. The van der Waals surface area contributed by atoms with Gasteiger partial charge in [-0.3, -0.25) is 4.79 Å². The van der Waals surface area contributed by atoms with Gasteiger partial charge in [-0.2, -0.15) is 0 Å². The Balaban J connectivity index is 1.34. The van der Waals surface area contributed by atoms with E-state index in [1.165, 1.54) is 12.1 Å². The number of carboxylic acid groups (broad SMARTS) is 1. The fourth-order valence-corrected chi connectivity index (χ4v) is 4.16. The van der Waals surface area contributed by atoms with Gasteiger partial charge in [0.1, 0.15) is 6.61 Å². The van der Waals surface area contributed by atoms with Gasteiger partial charge >= 0.3 is 12.1 Å². The molecule has 4 rings (SSSR count). The number of nitrogens with one attached hydrogen (secondary N) is 2. The molecule has 2 atom stereocenters. The summed E-state index contributed by atoms with van der Waals surface area (Å²) in [6, 6.07) is 21.7. The number of ether oxygens (including phenoxy) is 1. The van der Waals surface area contributed by atoms with Crippen LogP contribution in [0.4, 0.5) is 10.5 Å². The smallest absolute Gasteiger partial charge is 0.407 e. The maximum Gasteiger partial charge on any atom is 0.407 e. The quantitative estimate of drug-likeness (QED) is 0.468. The molecule has 3 aromatic carbocycles. The Morgan fingerprint density at radius 2 is 1.53 bits per heavy atom. The molecule has 7 heteroatoms. The third kappa shape index (κ3) is 4.78. The number of carboxylic acids is 1. The molecule has 0 saturated heterocycles. The molecule has 1 aliphatic carbocycles. The van der Waals surface area contributed by atoms with E-state index in [4.69, 9.17) is 9.84 Å². The molecule has 0 bridgehead atoms. The predicted molar refractivity (Wildman–Crippen MR) is 129 cm³/mol. The molecule has 0 fully saturated rings. The summed E-state index contributed by atoms with van der Waals surface area (Å²) in [5.41, 5.74) is 5.01. The molecular formula is C27H26N2O5. The van der Waals surface area contributed by atoms with Gasteiger partial charge in [-0.25, -0.2) is 9.59 Å². The summed E-state index contributed by atoms with van der Waals surface area (Å²) in [7, 11) is 0. The van der Waals surface area contributed by atoms with E-state index in [2.05, 4.69) is 34.9 Å². The normalized spacial score (nSPS) is 13.8. The fraction of sp³-hybridized carbons (Fsp3) is 0.222. The van der Waals surface area contributed by atoms with Crippen LogP contribution in [0.2, 0.25) is 0 Å². The Labute approximate surface area is 197 Å². The number of fused-ring (bicyclic) bond motifs is 3. The van der Waals surface area contributed by atoms with Crippen molar-refractivity contribution in [3.05, 3.63) is 89.5 Å². The predicted octanol–water partition coefficient (Wildman–Crippen LogP) is 4.89. The van der Waals surface area contributed by atoms with Crippen molar-refractivity contribution in [2.24, 2.45) is 5.92 Å². The Bertz CT molecular complexity index is 1190. The third-order valence-corrected chi connectivity index (χ3v) is 6.23. The van der Waals surface area contributed by atoms with Crippen molar-refractivity contribution in [1.29, 1.82) is 0 Å². The number of amides is 2. The van der Waals surface area contributed by atoms with Gasteiger partial charge in [0.15, 0.2) is 0 Å². The maximum atomic E-state index is 12.6. The lowest BCUT2D eigenvalue weighted by atomic mass is 9.98. The molecule has 0 heterocycles. The van der Waals surface area contributed by atoms with E-state index >= 15 is 0 Å². The van der Waals surface area contributed by atoms with Crippen molar-refractivity contribution >= 4 is 23.7 Å². The number of hydrogen-bond acceptors (Lipinski definition) is 4. The Hall–Kier alpha value is -4.13. The molecule has 3 N–H and O–H groups in total. The summed E-state index contributed by atoms with van der Waals surface area (Å²) < 4.78 is 5.55. The van der Waals surface area contributed by atoms with Gasteiger partial charge in [-0.1, -0.05) is 61.5 Å². The van der Waals surface area contributed by atoms with Gasteiger partial charge in [0.25, 0.3) is 0 Å². The van der Waals surface area contributed by atoms with Crippen LogP contribution in [-0.4, -0.2) is 35.7 Å². The van der Waals surface area contributed by atoms with Crippen molar-refractivity contribution in [3.63, 3.8) is 0 Å². The van der Waals surface area contributed by atoms with Crippen molar-refractivity contribution in [1.82, 2.24) is 5.32 Å². The number of benzene rings is 3. The SMILES string of the molecule is CC(NC(=O)OCC1c2ccccc2-c2ccccc21)C(C)C(=O)Nc1cccc(C(=O)O)c1. The highest BCUT2D eigenvalue weighted by atomic mass is 16.5. The van der Waals surface area contributed by atoms with Crippen LogP contribution in [0.3, 0.4) is 0 Å². The van der Waals surface area contributed by atoms with E-state index in [1.807, 2.05) is 24.3 Å². The number of rotatable bonds is 7. The Morgan fingerprint density at radius 3 is 2.15 bits per heavy atom. The van der Waals surface area contributed by atoms with Gasteiger partial charge in [-0.05, 0) is 47.4 Å². The standard InChI is InChI=1S/C27H26N2O5/c1-16(25(30)29-19-9-7-8-18(14-19)26(31)32)17(2)28-27(33)34-15-24-22-12-5-3-10-20(22)21-11-4-6-13-23(21)24/h3-14,16-17,24H,15H2,1-2H3,(H,28,33)(H,29,30)(H,31,32). The summed E-state index contributed by atoms with van der Waals surface area (Å²) in [5, 5.41) is 14.5. The number of carbonyl (C=O) groups excluding carboxylic acids is 2. The number of carbonyl (C=O) groups is 3. The minimum atomic E-state index is -1.07. The summed E-state index contributed by atoms with van der Waals surface area (Å²) in [5.74, 6) is -2.03. The van der Waals surface area contributed by atoms with E-state index in [9.17, 15) is 14.4 Å². The van der Waals surface area contributed by atoms with Gasteiger partial charge in [0, 0.05) is 17.6 Å². The van der Waals surface area contributed by atoms with Crippen molar-refractivity contribution in [2.75, 3.05) is 11.9 Å². The van der Waals surface area contributed by atoms with Crippen molar-refractivity contribution < 1.29 is 24.2 Å². The van der Waals surface area contributed by atoms with Crippen LogP contribution >= 0.6 is 0 Å². The van der Waals surface area contributed by atoms with Crippen LogP contribution in [0.1, 0.15) is 41.3 Å². The minimum absolute atomic E-state index is 0.0457. The Kier molecular flexibility index (Phi) is 6.63. The zero-order valence-corrected chi connectivity index (χ0v) is 18.9. The second kappa shape index (κ2) is 9.79. The van der Waals surface area contributed by atoms with E-state index in [1.54, 1.807) is 26.0 Å². The second-order valence-electron chi connectivity index (χ2n) is 8.42. The summed E-state index contributed by atoms with van der Waals surface area (Å²) in [6.45, 7) is 3.60. The molecule has 7 nitrogen and oxygen atoms in total. The largest absolute Gasteiger partial charge is 0.478 e. The summed E-state index contributed by atoms with van der Waals surface area (Å²) in [6.07, 6.45) is -0.595. The molecular weight excluding hydrogens is 432 g/mol. The second-order valence-corrected chi connectivity index (χ2v) is 8.42. The lowest BCUT2D eigenvalue weighted by Gasteiger charge is -2.21. The first kappa shape index (κ1) is 23.0. The first-order chi connectivity index (χ1) is 16.3. The van der Waals surface area contributed by atoms with Crippen LogP contribution in [0, 0.1) is 5.92 Å². The monoisotopic (exact) mass is 458 g/mol. The average molecular weight is 459 g/mol. The molecule has 0 aliphatic heterocycles. The number of alkyl carbamates (subject to hydrolysis) is 1. The number of aromatic carboxylic acids is 1. The third-order valence-electron chi connectivity index (χ3n) is 6.23. The molecule has 174 valence electrons. The van der Waals surface area contributed by atoms with E-state index < -0.39 is 24.0 Å². The summed E-state index contributed by atoms with van der Waals surface area (Å²) >= 11 is 0. The molecule has 1 aliphatic rings. The van der Waals surface area contributed by atoms with Crippen LogP contribution in [0.25, 0.3) is 11.1 Å². The summed E-state index contributed by atoms with van der Waals surface area (Å²) in [4.78, 5) is 36.2. The topological polar surface area (TPSA) is 105 Å². The lowest BCUT2D eigenvalue weighted by Crippen LogP contribution is -2.42. The van der Waals surface area contributed by atoms with E-state index in [0.29, 0.717) is 5.69 Å². The number of hydrogen-bond donors (Lipinski definition) is 3. The Morgan fingerprint density at radius 1 is 0.912 bits per heavy atom. The van der Waals surface area contributed by atoms with Gasteiger partial charge in [0.2, 0.25) is 5.91 Å². The molecule has 0 saturated carbocycles. The van der Waals surface area contributed by atoms with Crippen molar-refractivity contribution in [2.45, 2.75) is 25.8 Å². The molecule has 0 radical (unpaired) electrons. The minimum Gasteiger partial charge on any atom is -0.478 e. The maximum absolute atomic E-state index is 12.6. The zero-order chi connectivity index (χ0) is 24.2. The molecule has 2 amide bonds. The van der Waals surface area contributed by atoms with Gasteiger partial charge < -0.3 is 20.5 Å². The number of anilines is 1. The highest BCUT2D eigenvalue weighted by Crippen LogP contribution is 2.44. The van der Waals surface area contributed by atoms with Crippen LogP contribution in [0.5, 0.6) is 0 Å². The van der Waals surface area contributed by atoms with E-state index in [-0.39, 0.29) is 24.0 Å². The van der Waals surface area contributed by atoms with E-state index in [0.717, 1.165) is 22.3 Å². The average Bonchev–Trinajstić information content (AvgIpc) is 3.16. The molecule has 2 unspecified atom stereocenters. The molecule has 0 spiro atoms. The molecule has 3 aromatic rings. The van der Waals surface area contributed by atoms with Crippen LogP contribution in [-0.2, 0) is 9.53 Å². The lowest BCUT2D eigenvalue weighted by molar-refractivity contribution is -0.120. The van der Waals surface area contributed by atoms with Crippen LogP contribution in [0.15, 0.2) is 72.8 Å². The molecule has 0 aromatic heterocycles.